The fourth-order valence-corrected chi connectivity index (χ4v) is 1.37. The molecule has 0 aromatic rings. The Labute approximate surface area is 102 Å². The second-order valence-electron chi connectivity index (χ2n) is 3.38. The summed E-state index contributed by atoms with van der Waals surface area (Å²) in [6.45, 7) is 7.12. The maximum absolute atomic E-state index is 11.6. The Morgan fingerprint density at radius 3 is 2.06 bits per heavy atom. The number of hydrogen-bond donors (Lipinski definition) is 0. The Morgan fingerprint density at radius 1 is 1.24 bits per heavy atom. The van der Waals surface area contributed by atoms with Gasteiger partial charge in [0.25, 0.3) is 5.91 Å². The van der Waals surface area contributed by atoms with Crippen LogP contribution in [0.2, 0.25) is 0 Å². The van der Waals surface area contributed by atoms with Gasteiger partial charge in [0.05, 0.1) is 0 Å². The van der Waals surface area contributed by atoms with Crippen LogP contribution in [0.25, 0.3) is 0 Å². The van der Waals surface area contributed by atoms with Gasteiger partial charge in [0, 0.05) is 27.2 Å². The highest BCUT2D eigenvalue weighted by molar-refractivity contribution is 7.84. The zero-order valence-electron chi connectivity index (χ0n) is 10.1. The van der Waals surface area contributed by atoms with Crippen LogP contribution in [-0.4, -0.2) is 57.3 Å². The molecule has 17 heavy (non-hydrogen) atoms. The largest absolute Gasteiger partial charge is 0.338 e. The Kier molecular flexibility index (Phi) is 6.71. The van der Waals surface area contributed by atoms with Gasteiger partial charge in [-0.05, 0) is 0 Å². The van der Waals surface area contributed by atoms with Gasteiger partial charge in [0.2, 0.25) is 0 Å². The van der Waals surface area contributed by atoms with Gasteiger partial charge in [-0.2, -0.15) is 12.7 Å². The van der Waals surface area contributed by atoms with Crippen molar-refractivity contribution in [2.45, 2.75) is 0 Å². The molecule has 0 N–H and O–H groups in total. The highest BCUT2D eigenvalue weighted by atomic mass is 32.2. The van der Waals surface area contributed by atoms with Crippen molar-refractivity contribution in [1.82, 2.24) is 9.21 Å². The van der Waals surface area contributed by atoms with E-state index in [1.807, 2.05) is 0 Å². The number of nitrogens with zero attached hydrogens (tertiary/aromatic N) is 2. The molecule has 0 radical (unpaired) electrons. The predicted molar refractivity (Wildman–Crippen MR) is 65.5 cm³/mol. The average molecular weight is 262 g/mol. The number of carbonyl (C=O) groups is 1. The van der Waals surface area contributed by atoms with E-state index in [1.54, 1.807) is 12.2 Å². The van der Waals surface area contributed by atoms with Crippen LogP contribution in [0.5, 0.6) is 0 Å². The summed E-state index contributed by atoms with van der Waals surface area (Å²) in [5.74, 6) is -0.435. The average Bonchev–Trinajstić information content (AvgIpc) is 2.25. The highest BCUT2D eigenvalue weighted by Crippen LogP contribution is 1.99. The number of rotatable bonds is 8. The molecular formula is C10H18N2O4S. The molecule has 0 aliphatic carbocycles. The van der Waals surface area contributed by atoms with E-state index in [9.17, 15) is 13.2 Å². The van der Waals surface area contributed by atoms with Crippen LogP contribution in [0.4, 0.5) is 0 Å². The smallest absolute Gasteiger partial charge is 0.333 e. The van der Waals surface area contributed by atoms with Crippen molar-refractivity contribution in [3.05, 3.63) is 25.3 Å². The summed E-state index contributed by atoms with van der Waals surface area (Å²) in [7, 11) is -1.17. The maximum atomic E-state index is 11.6. The normalized spacial score (nSPS) is 11.2. The third-order valence-corrected chi connectivity index (χ3v) is 3.14. The van der Waals surface area contributed by atoms with Crippen LogP contribution >= 0.6 is 0 Å². The molecular weight excluding hydrogens is 244 g/mol. The first-order valence-electron chi connectivity index (χ1n) is 4.91. The lowest BCUT2D eigenvalue weighted by Crippen LogP contribution is -2.36. The van der Waals surface area contributed by atoms with Crippen LogP contribution < -0.4 is 0 Å². The fraction of sp³-hybridized carbons (Fsp3) is 0.500. The minimum atomic E-state index is -3.82. The van der Waals surface area contributed by atoms with Gasteiger partial charge in [0.15, 0.2) is 0 Å². The molecule has 7 heteroatoms. The van der Waals surface area contributed by atoms with Crippen LogP contribution in [0.3, 0.4) is 0 Å². The van der Waals surface area contributed by atoms with Crippen molar-refractivity contribution in [3.63, 3.8) is 0 Å². The predicted octanol–water partition coefficient (Wildman–Crippen LogP) is 0.0100. The summed E-state index contributed by atoms with van der Waals surface area (Å²) in [5.41, 5.74) is 0. The van der Waals surface area contributed by atoms with E-state index in [0.29, 0.717) is 13.1 Å². The first-order chi connectivity index (χ1) is 7.85. The summed E-state index contributed by atoms with van der Waals surface area (Å²) in [5, 5.41) is 0. The van der Waals surface area contributed by atoms with Crippen molar-refractivity contribution in [3.8, 4) is 0 Å². The summed E-state index contributed by atoms with van der Waals surface area (Å²) in [4.78, 5) is 13.0. The van der Waals surface area contributed by atoms with Gasteiger partial charge in [-0.25, -0.2) is 4.18 Å². The van der Waals surface area contributed by atoms with Crippen molar-refractivity contribution in [2.24, 2.45) is 0 Å². The molecule has 0 saturated heterocycles. The molecule has 0 rings (SSSR count). The molecule has 0 atom stereocenters. The van der Waals surface area contributed by atoms with E-state index in [1.165, 1.54) is 19.0 Å². The molecule has 6 nitrogen and oxygen atoms in total. The Hall–Kier alpha value is -1.18. The van der Waals surface area contributed by atoms with Gasteiger partial charge in [-0.3, -0.25) is 4.79 Å². The van der Waals surface area contributed by atoms with Gasteiger partial charge < -0.3 is 4.90 Å². The standard InChI is InChI=1S/C10H18N2O4S/c1-5-7-12(8-6-2)10(13)9-16-17(14,15)11(3)4/h5-6H,1-2,7-9H2,3-4H3. The quantitative estimate of drug-likeness (QED) is 0.578. The van der Waals surface area contributed by atoms with Gasteiger partial charge in [-0.15, -0.1) is 13.2 Å². The van der Waals surface area contributed by atoms with E-state index >= 15 is 0 Å². The zero-order valence-corrected chi connectivity index (χ0v) is 10.9. The Morgan fingerprint density at radius 2 is 1.71 bits per heavy atom. The fourth-order valence-electron chi connectivity index (χ4n) is 0.911. The summed E-state index contributed by atoms with van der Waals surface area (Å²) < 4.78 is 28.0. The third kappa shape index (κ3) is 5.62. The summed E-state index contributed by atoms with van der Waals surface area (Å²) >= 11 is 0. The third-order valence-electron chi connectivity index (χ3n) is 1.83. The first-order valence-corrected chi connectivity index (χ1v) is 6.28. The molecule has 0 aliphatic heterocycles. The molecule has 1 amide bonds. The van der Waals surface area contributed by atoms with Gasteiger partial charge in [-0.1, -0.05) is 12.2 Å². The number of amides is 1. The van der Waals surface area contributed by atoms with Crippen molar-refractivity contribution < 1.29 is 17.4 Å². The second-order valence-corrected chi connectivity index (χ2v) is 5.20. The van der Waals surface area contributed by atoms with E-state index in [4.69, 9.17) is 0 Å². The molecule has 0 saturated carbocycles. The monoisotopic (exact) mass is 262 g/mol. The van der Waals surface area contributed by atoms with Crippen LogP contribution in [-0.2, 0) is 19.3 Å². The topological polar surface area (TPSA) is 66.9 Å². The molecule has 0 unspecified atom stereocenters. The maximum Gasteiger partial charge on any atom is 0.338 e. The lowest BCUT2D eigenvalue weighted by atomic mass is 10.4. The van der Waals surface area contributed by atoms with E-state index < -0.39 is 22.8 Å². The van der Waals surface area contributed by atoms with E-state index in [-0.39, 0.29) is 0 Å². The minimum Gasteiger partial charge on any atom is -0.333 e. The highest BCUT2D eigenvalue weighted by Gasteiger charge is 2.18. The van der Waals surface area contributed by atoms with Gasteiger partial charge in [0.1, 0.15) is 6.61 Å². The number of carbonyl (C=O) groups excluding carboxylic acids is 1. The van der Waals surface area contributed by atoms with Crippen molar-refractivity contribution >= 4 is 16.2 Å². The van der Waals surface area contributed by atoms with Crippen LogP contribution in [0.1, 0.15) is 0 Å². The van der Waals surface area contributed by atoms with E-state index in [2.05, 4.69) is 17.3 Å². The Bertz CT molecular complexity index is 366. The van der Waals surface area contributed by atoms with Crippen LogP contribution in [0.15, 0.2) is 25.3 Å². The first kappa shape index (κ1) is 15.8. The lowest BCUT2D eigenvalue weighted by molar-refractivity contribution is -0.132. The lowest BCUT2D eigenvalue weighted by Gasteiger charge is -2.19. The number of hydrogen-bond acceptors (Lipinski definition) is 4. The van der Waals surface area contributed by atoms with Crippen molar-refractivity contribution in [1.29, 1.82) is 0 Å². The zero-order chi connectivity index (χ0) is 13.5. The molecule has 0 aromatic heterocycles. The molecule has 0 heterocycles. The molecule has 0 aliphatic rings. The molecule has 0 bridgehead atoms. The molecule has 98 valence electrons. The SMILES string of the molecule is C=CCN(CC=C)C(=O)COS(=O)(=O)N(C)C. The Balaban J connectivity index is 4.42. The van der Waals surface area contributed by atoms with Gasteiger partial charge >= 0.3 is 10.3 Å². The molecule has 0 spiro atoms. The van der Waals surface area contributed by atoms with Crippen LogP contribution in [0, 0.1) is 0 Å². The molecule has 0 aromatic carbocycles. The van der Waals surface area contributed by atoms with Crippen molar-refractivity contribution in [2.75, 3.05) is 33.8 Å². The summed E-state index contributed by atoms with van der Waals surface area (Å²) in [6.07, 6.45) is 3.09. The second kappa shape index (κ2) is 7.21. The van der Waals surface area contributed by atoms with E-state index in [0.717, 1.165) is 4.31 Å². The minimum absolute atomic E-state index is 0.316. The molecule has 0 fully saturated rings. The summed E-state index contributed by atoms with van der Waals surface area (Å²) in [6, 6.07) is 0.